The van der Waals surface area contributed by atoms with E-state index in [4.69, 9.17) is 4.74 Å². The Kier molecular flexibility index (Phi) is 5.43. The Labute approximate surface area is 129 Å². The number of carbonyl (C=O) groups is 1. The lowest BCUT2D eigenvalue weighted by Crippen LogP contribution is -2.47. The zero-order valence-corrected chi connectivity index (χ0v) is 14.5. The van der Waals surface area contributed by atoms with E-state index in [9.17, 15) is 4.79 Å². The van der Waals surface area contributed by atoms with Crippen molar-refractivity contribution in [3.05, 3.63) is 29.3 Å². The smallest absolute Gasteiger partial charge is 0.258 e. The van der Waals surface area contributed by atoms with Gasteiger partial charge < -0.3 is 10.1 Å². The minimum atomic E-state index is -0.235. The van der Waals surface area contributed by atoms with Crippen LogP contribution in [0.1, 0.15) is 52.2 Å². The van der Waals surface area contributed by atoms with Gasteiger partial charge in [-0.05, 0) is 51.2 Å². The van der Waals surface area contributed by atoms with Gasteiger partial charge in [0.2, 0.25) is 0 Å². The lowest BCUT2D eigenvalue weighted by Gasteiger charge is -2.33. The highest BCUT2D eigenvalue weighted by molar-refractivity contribution is 5.78. The Morgan fingerprint density at radius 1 is 1.14 bits per heavy atom. The van der Waals surface area contributed by atoms with E-state index < -0.39 is 0 Å². The summed E-state index contributed by atoms with van der Waals surface area (Å²) in [6, 6.07) is 5.96. The molecule has 3 nitrogen and oxygen atoms in total. The van der Waals surface area contributed by atoms with Gasteiger partial charge in [-0.2, -0.15) is 0 Å². The highest BCUT2D eigenvalue weighted by Crippen LogP contribution is 2.26. The highest BCUT2D eigenvalue weighted by atomic mass is 16.5. The van der Waals surface area contributed by atoms with E-state index in [1.165, 1.54) is 5.56 Å². The van der Waals surface area contributed by atoms with Crippen LogP contribution in [0.2, 0.25) is 0 Å². The van der Waals surface area contributed by atoms with Crippen LogP contribution in [0.5, 0.6) is 5.75 Å². The molecule has 118 valence electrons. The van der Waals surface area contributed by atoms with Gasteiger partial charge in [0.15, 0.2) is 6.61 Å². The SMILES string of the molecule is Cc1ccc(OCC(=O)NC(C)(C)CC(C)(C)C)c(C)c1. The van der Waals surface area contributed by atoms with Gasteiger partial charge in [0.25, 0.3) is 5.91 Å². The van der Waals surface area contributed by atoms with Crippen LogP contribution < -0.4 is 10.1 Å². The Morgan fingerprint density at radius 2 is 1.76 bits per heavy atom. The lowest BCUT2D eigenvalue weighted by atomic mass is 9.82. The van der Waals surface area contributed by atoms with Gasteiger partial charge in [-0.25, -0.2) is 0 Å². The van der Waals surface area contributed by atoms with Crippen molar-refractivity contribution in [1.82, 2.24) is 5.32 Å². The number of rotatable bonds is 5. The molecule has 0 unspecified atom stereocenters. The number of carbonyl (C=O) groups excluding carboxylic acids is 1. The largest absolute Gasteiger partial charge is 0.484 e. The van der Waals surface area contributed by atoms with E-state index in [1.807, 2.05) is 39.8 Å². The van der Waals surface area contributed by atoms with Crippen molar-refractivity contribution >= 4 is 5.91 Å². The summed E-state index contributed by atoms with van der Waals surface area (Å²) in [6.07, 6.45) is 0.912. The number of hydrogen-bond acceptors (Lipinski definition) is 2. The van der Waals surface area contributed by atoms with E-state index in [-0.39, 0.29) is 23.5 Å². The van der Waals surface area contributed by atoms with E-state index >= 15 is 0 Å². The molecular formula is C18H29NO2. The van der Waals surface area contributed by atoms with Crippen molar-refractivity contribution in [2.45, 2.75) is 60.4 Å². The molecule has 0 fully saturated rings. The van der Waals surface area contributed by atoms with Crippen molar-refractivity contribution in [2.24, 2.45) is 5.41 Å². The molecule has 0 aliphatic carbocycles. The van der Waals surface area contributed by atoms with Gasteiger partial charge in [-0.15, -0.1) is 0 Å². The molecule has 21 heavy (non-hydrogen) atoms. The summed E-state index contributed by atoms with van der Waals surface area (Å²) >= 11 is 0. The van der Waals surface area contributed by atoms with Crippen LogP contribution in [0.4, 0.5) is 0 Å². The second-order valence-electron chi connectivity index (χ2n) is 7.73. The average molecular weight is 291 g/mol. The van der Waals surface area contributed by atoms with Crippen LogP contribution in [0.3, 0.4) is 0 Å². The first-order valence-corrected chi connectivity index (χ1v) is 7.50. The predicted octanol–water partition coefficient (Wildman–Crippen LogP) is 4.01. The Balaban J connectivity index is 2.54. The fraction of sp³-hybridized carbons (Fsp3) is 0.611. The average Bonchev–Trinajstić information content (AvgIpc) is 2.23. The number of benzene rings is 1. The number of nitrogens with one attached hydrogen (secondary N) is 1. The molecule has 0 saturated heterocycles. The minimum absolute atomic E-state index is 0.0530. The molecular weight excluding hydrogens is 262 g/mol. The van der Waals surface area contributed by atoms with Crippen LogP contribution in [-0.2, 0) is 4.79 Å². The van der Waals surface area contributed by atoms with E-state index in [1.54, 1.807) is 0 Å². The van der Waals surface area contributed by atoms with E-state index in [2.05, 4.69) is 32.2 Å². The fourth-order valence-corrected chi connectivity index (χ4v) is 2.89. The van der Waals surface area contributed by atoms with Gasteiger partial charge in [0.1, 0.15) is 5.75 Å². The molecule has 1 amide bonds. The van der Waals surface area contributed by atoms with Gasteiger partial charge in [0.05, 0.1) is 0 Å². The first kappa shape index (κ1) is 17.5. The van der Waals surface area contributed by atoms with Crippen molar-refractivity contribution in [3.63, 3.8) is 0 Å². The maximum Gasteiger partial charge on any atom is 0.258 e. The van der Waals surface area contributed by atoms with E-state index in [0.717, 1.165) is 17.7 Å². The molecule has 1 aromatic carbocycles. The summed E-state index contributed by atoms with van der Waals surface area (Å²) in [5.41, 5.74) is 2.18. The molecule has 3 heteroatoms. The van der Waals surface area contributed by atoms with Crippen molar-refractivity contribution in [1.29, 1.82) is 0 Å². The first-order valence-electron chi connectivity index (χ1n) is 7.50. The summed E-state index contributed by atoms with van der Waals surface area (Å²) in [5.74, 6) is 0.689. The third-order valence-corrected chi connectivity index (χ3v) is 3.14. The number of ether oxygens (including phenoxy) is 1. The van der Waals surface area contributed by atoms with Crippen LogP contribution in [0.25, 0.3) is 0 Å². The molecule has 0 bridgehead atoms. The van der Waals surface area contributed by atoms with E-state index in [0.29, 0.717) is 0 Å². The Morgan fingerprint density at radius 3 is 2.29 bits per heavy atom. The maximum atomic E-state index is 12.1. The second-order valence-corrected chi connectivity index (χ2v) is 7.73. The Bertz CT molecular complexity index is 498. The summed E-state index contributed by atoms with van der Waals surface area (Å²) in [7, 11) is 0. The molecule has 1 N–H and O–H groups in total. The number of hydrogen-bond donors (Lipinski definition) is 1. The quantitative estimate of drug-likeness (QED) is 0.890. The number of amides is 1. The third-order valence-electron chi connectivity index (χ3n) is 3.14. The van der Waals surface area contributed by atoms with Crippen molar-refractivity contribution < 1.29 is 9.53 Å². The summed E-state index contributed by atoms with van der Waals surface area (Å²) < 4.78 is 5.62. The molecule has 0 aliphatic heterocycles. The second kappa shape index (κ2) is 6.50. The zero-order valence-electron chi connectivity index (χ0n) is 14.5. The van der Waals surface area contributed by atoms with Crippen molar-refractivity contribution in [2.75, 3.05) is 6.61 Å². The van der Waals surface area contributed by atoms with Crippen LogP contribution in [0, 0.1) is 19.3 Å². The summed E-state index contributed by atoms with van der Waals surface area (Å²) in [6.45, 7) is 14.7. The van der Waals surface area contributed by atoms with Crippen molar-refractivity contribution in [3.8, 4) is 5.75 Å². The third kappa shape index (κ3) is 6.65. The summed E-state index contributed by atoms with van der Waals surface area (Å²) in [5, 5.41) is 3.05. The highest BCUT2D eigenvalue weighted by Gasteiger charge is 2.27. The molecule has 0 heterocycles. The lowest BCUT2D eigenvalue weighted by molar-refractivity contribution is -0.125. The molecule has 0 aliphatic rings. The summed E-state index contributed by atoms with van der Waals surface area (Å²) in [4.78, 5) is 12.1. The standard InChI is InChI=1S/C18H29NO2/c1-13-8-9-15(14(2)10-13)21-11-16(20)19-18(6,7)12-17(3,4)5/h8-10H,11-12H2,1-7H3,(H,19,20). The molecule has 0 radical (unpaired) electrons. The predicted molar refractivity (Wildman–Crippen MR) is 87.7 cm³/mol. The minimum Gasteiger partial charge on any atom is -0.484 e. The first-order chi connectivity index (χ1) is 9.48. The van der Waals surface area contributed by atoms with Gasteiger partial charge in [0, 0.05) is 5.54 Å². The molecule has 0 aromatic heterocycles. The number of aryl methyl sites for hydroxylation is 2. The normalized spacial score (nSPS) is 12.1. The monoisotopic (exact) mass is 291 g/mol. The van der Waals surface area contributed by atoms with Crippen LogP contribution in [-0.4, -0.2) is 18.1 Å². The van der Waals surface area contributed by atoms with Gasteiger partial charge >= 0.3 is 0 Å². The Hall–Kier alpha value is -1.51. The van der Waals surface area contributed by atoms with Crippen LogP contribution in [0.15, 0.2) is 18.2 Å². The fourth-order valence-electron chi connectivity index (χ4n) is 2.89. The zero-order chi connectivity index (χ0) is 16.3. The van der Waals surface area contributed by atoms with Crippen LogP contribution >= 0.6 is 0 Å². The molecule has 1 rings (SSSR count). The topological polar surface area (TPSA) is 38.3 Å². The molecule has 0 atom stereocenters. The molecule has 1 aromatic rings. The van der Waals surface area contributed by atoms with Gasteiger partial charge in [-0.3, -0.25) is 4.79 Å². The molecule has 0 spiro atoms. The molecule has 0 saturated carbocycles. The van der Waals surface area contributed by atoms with Gasteiger partial charge in [-0.1, -0.05) is 38.5 Å². The maximum absolute atomic E-state index is 12.1.